The Hall–Kier alpha value is -3.06. The average Bonchev–Trinajstić information content (AvgIpc) is 3.11. The normalized spacial score (nSPS) is 16.2. The topological polar surface area (TPSA) is 90.7 Å². The van der Waals surface area contributed by atoms with Crippen LogP contribution in [0.2, 0.25) is 0 Å². The Kier molecular flexibility index (Phi) is 6.16. The van der Waals surface area contributed by atoms with Crippen molar-refractivity contribution in [2.75, 3.05) is 49.7 Å². The molecule has 0 bridgehead atoms. The standard InChI is InChI=1S/C21H27N5O2/c1-25(2)14-20(27)23-16-11-12-26(13-16)17-9-7-15(8-10-17)21(28)24-19-6-4-3-5-18(19)22/h3-10,16H,11-14,22H2,1-2H3,(H,23,27)(H,24,28). The lowest BCUT2D eigenvalue weighted by atomic mass is 10.1. The minimum absolute atomic E-state index is 0.0454. The average molecular weight is 381 g/mol. The molecule has 7 heteroatoms. The van der Waals surface area contributed by atoms with Crippen LogP contribution in [0.3, 0.4) is 0 Å². The van der Waals surface area contributed by atoms with Crippen molar-refractivity contribution in [1.82, 2.24) is 10.2 Å². The fourth-order valence-corrected chi connectivity index (χ4v) is 3.30. The summed E-state index contributed by atoms with van der Waals surface area (Å²) < 4.78 is 0. The van der Waals surface area contributed by atoms with E-state index in [1.165, 1.54) is 0 Å². The van der Waals surface area contributed by atoms with Gasteiger partial charge >= 0.3 is 0 Å². The van der Waals surface area contributed by atoms with Gasteiger partial charge in [0.05, 0.1) is 17.9 Å². The van der Waals surface area contributed by atoms with Crippen LogP contribution < -0.4 is 21.3 Å². The van der Waals surface area contributed by atoms with Gasteiger partial charge in [-0.25, -0.2) is 0 Å². The van der Waals surface area contributed by atoms with Crippen molar-refractivity contribution in [3.05, 3.63) is 54.1 Å². The van der Waals surface area contributed by atoms with Gasteiger partial charge in [0.1, 0.15) is 0 Å². The first-order valence-electron chi connectivity index (χ1n) is 9.37. The van der Waals surface area contributed by atoms with E-state index >= 15 is 0 Å². The summed E-state index contributed by atoms with van der Waals surface area (Å²) in [6.45, 7) is 2.04. The summed E-state index contributed by atoms with van der Waals surface area (Å²) in [6.07, 6.45) is 0.911. The SMILES string of the molecule is CN(C)CC(=O)NC1CCN(c2ccc(C(=O)Nc3ccccc3N)cc2)C1. The number of nitrogens with one attached hydrogen (secondary N) is 2. The van der Waals surface area contributed by atoms with Gasteiger partial charge in [0.15, 0.2) is 0 Å². The van der Waals surface area contributed by atoms with Crippen molar-refractivity contribution in [2.45, 2.75) is 12.5 Å². The molecule has 7 nitrogen and oxygen atoms in total. The molecule has 2 aromatic rings. The Morgan fingerprint density at radius 1 is 1.14 bits per heavy atom. The summed E-state index contributed by atoms with van der Waals surface area (Å²) in [6, 6.07) is 14.8. The van der Waals surface area contributed by atoms with Crippen molar-refractivity contribution in [3.8, 4) is 0 Å². The second-order valence-electron chi connectivity index (χ2n) is 7.33. The minimum Gasteiger partial charge on any atom is -0.397 e. The number of rotatable bonds is 6. The number of hydrogen-bond acceptors (Lipinski definition) is 5. The molecule has 0 aliphatic carbocycles. The van der Waals surface area contributed by atoms with Crippen LogP contribution in [0.1, 0.15) is 16.8 Å². The Morgan fingerprint density at radius 2 is 1.86 bits per heavy atom. The van der Waals surface area contributed by atoms with Crippen LogP contribution in [0, 0.1) is 0 Å². The third-order valence-corrected chi connectivity index (χ3v) is 4.72. The Labute approximate surface area is 165 Å². The number of likely N-dealkylation sites (N-methyl/N-ethyl adjacent to an activating group) is 1. The molecule has 1 saturated heterocycles. The molecule has 0 saturated carbocycles. The third-order valence-electron chi connectivity index (χ3n) is 4.72. The number of anilines is 3. The van der Waals surface area contributed by atoms with Crippen LogP contribution in [-0.4, -0.2) is 56.5 Å². The second-order valence-corrected chi connectivity index (χ2v) is 7.33. The van der Waals surface area contributed by atoms with Crippen LogP contribution in [0.25, 0.3) is 0 Å². The molecule has 4 N–H and O–H groups in total. The van der Waals surface area contributed by atoms with Crippen LogP contribution in [0.15, 0.2) is 48.5 Å². The van der Waals surface area contributed by atoms with Gasteiger partial charge in [0.2, 0.25) is 5.91 Å². The molecule has 0 aromatic heterocycles. The maximum Gasteiger partial charge on any atom is 0.255 e. The van der Waals surface area contributed by atoms with E-state index in [1.54, 1.807) is 12.1 Å². The maximum absolute atomic E-state index is 12.4. The zero-order valence-corrected chi connectivity index (χ0v) is 16.3. The van der Waals surface area contributed by atoms with Gasteiger partial charge in [-0.15, -0.1) is 0 Å². The molecule has 1 aliphatic rings. The van der Waals surface area contributed by atoms with Crippen molar-refractivity contribution in [2.24, 2.45) is 0 Å². The van der Waals surface area contributed by atoms with Crippen molar-refractivity contribution in [3.63, 3.8) is 0 Å². The van der Waals surface area contributed by atoms with Gasteiger partial charge in [-0.05, 0) is 56.9 Å². The first-order valence-corrected chi connectivity index (χ1v) is 9.37. The highest BCUT2D eigenvalue weighted by Gasteiger charge is 2.24. The van der Waals surface area contributed by atoms with Crippen LogP contribution >= 0.6 is 0 Å². The predicted molar refractivity (Wildman–Crippen MR) is 113 cm³/mol. The lowest BCUT2D eigenvalue weighted by Gasteiger charge is -2.20. The smallest absolute Gasteiger partial charge is 0.255 e. The first-order chi connectivity index (χ1) is 13.4. The fraction of sp³-hybridized carbons (Fsp3) is 0.333. The third kappa shape index (κ3) is 5.01. The van der Waals surface area contributed by atoms with E-state index in [0.29, 0.717) is 23.5 Å². The van der Waals surface area contributed by atoms with Crippen molar-refractivity contribution >= 4 is 28.9 Å². The Bertz CT molecular complexity index is 835. The monoisotopic (exact) mass is 381 g/mol. The molecule has 1 heterocycles. The highest BCUT2D eigenvalue weighted by atomic mass is 16.2. The van der Waals surface area contributed by atoms with E-state index in [4.69, 9.17) is 5.73 Å². The predicted octanol–water partition coefficient (Wildman–Crippen LogP) is 1.78. The molecule has 0 spiro atoms. The van der Waals surface area contributed by atoms with E-state index in [-0.39, 0.29) is 17.9 Å². The summed E-state index contributed by atoms with van der Waals surface area (Å²) in [4.78, 5) is 28.4. The van der Waals surface area contributed by atoms with Gasteiger partial charge in [-0.2, -0.15) is 0 Å². The summed E-state index contributed by atoms with van der Waals surface area (Å²) in [5.41, 5.74) is 8.63. The molecule has 1 aliphatic heterocycles. The first kappa shape index (κ1) is 19.7. The van der Waals surface area contributed by atoms with Crippen LogP contribution in [-0.2, 0) is 4.79 Å². The highest BCUT2D eigenvalue weighted by Crippen LogP contribution is 2.22. The Balaban J connectivity index is 1.56. The number of carbonyl (C=O) groups excluding carboxylic acids is 2. The van der Waals surface area contributed by atoms with Gasteiger partial charge in [-0.3, -0.25) is 9.59 Å². The van der Waals surface area contributed by atoms with Gasteiger partial charge in [-0.1, -0.05) is 12.1 Å². The van der Waals surface area contributed by atoms with Gasteiger partial charge in [0.25, 0.3) is 5.91 Å². The zero-order valence-electron chi connectivity index (χ0n) is 16.3. The number of amides is 2. The lowest BCUT2D eigenvalue weighted by molar-refractivity contribution is -0.122. The summed E-state index contributed by atoms with van der Waals surface area (Å²) in [7, 11) is 3.76. The molecule has 3 rings (SSSR count). The van der Waals surface area contributed by atoms with E-state index in [2.05, 4.69) is 15.5 Å². The lowest BCUT2D eigenvalue weighted by Crippen LogP contribution is -2.41. The Morgan fingerprint density at radius 3 is 2.54 bits per heavy atom. The molecule has 28 heavy (non-hydrogen) atoms. The second kappa shape index (κ2) is 8.75. The molecule has 1 unspecified atom stereocenters. The number of para-hydroxylation sites is 2. The van der Waals surface area contributed by atoms with Crippen LogP contribution in [0.4, 0.5) is 17.1 Å². The number of hydrogen-bond donors (Lipinski definition) is 3. The molecule has 1 atom stereocenters. The van der Waals surface area contributed by atoms with E-state index in [0.717, 1.165) is 25.2 Å². The molecular formula is C21H27N5O2. The van der Waals surface area contributed by atoms with Crippen molar-refractivity contribution < 1.29 is 9.59 Å². The molecule has 0 radical (unpaired) electrons. The molecule has 2 amide bonds. The minimum atomic E-state index is -0.195. The summed E-state index contributed by atoms with van der Waals surface area (Å²) in [5.74, 6) is -0.149. The number of nitrogens with two attached hydrogens (primary N) is 1. The highest BCUT2D eigenvalue weighted by molar-refractivity contribution is 6.05. The molecule has 1 fully saturated rings. The number of carbonyl (C=O) groups is 2. The number of nitrogen functional groups attached to an aromatic ring is 1. The van der Waals surface area contributed by atoms with E-state index in [1.807, 2.05) is 55.4 Å². The summed E-state index contributed by atoms with van der Waals surface area (Å²) in [5, 5.41) is 5.90. The van der Waals surface area contributed by atoms with Crippen molar-refractivity contribution in [1.29, 1.82) is 0 Å². The number of benzene rings is 2. The van der Waals surface area contributed by atoms with E-state index in [9.17, 15) is 9.59 Å². The van der Waals surface area contributed by atoms with Crippen LogP contribution in [0.5, 0.6) is 0 Å². The fourth-order valence-electron chi connectivity index (χ4n) is 3.30. The zero-order chi connectivity index (χ0) is 20.1. The van der Waals surface area contributed by atoms with E-state index < -0.39 is 0 Å². The van der Waals surface area contributed by atoms with Gasteiger partial charge in [0, 0.05) is 30.4 Å². The maximum atomic E-state index is 12.4. The largest absolute Gasteiger partial charge is 0.397 e. The molecular weight excluding hydrogens is 354 g/mol. The number of nitrogens with zero attached hydrogens (tertiary/aromatic N) is 2. The quantitative estimate of drug-likeness (QED) is 0.664. The molecule has 2 aromatic carbocycles. The summed E-state index contributed by atoms with van der Waals surface area (Å²) >= 11 is 0. The molecule has 148 valence electrons. The van der Waals surface area contributed by atoms with Gasteiger partial charge < -0.3 is 26.2 Å².